The first-order chi connectivity index (χ1) is 12.6. The lowest BCUT2D eigenvalue weighted by atomic mass is 9.99. The molecule has 6 heteroatoms. The fourth-order valence-corrected chi connectivity index (χ4v) is 2.78. The van der Waals surface area contributed by atoms with Gasteiger partial charge < -0.3 is 9.15 Å². The van der Waals surface area contributed by atoms with Gasteiger partial charge >= 0.3 is 5.97 Å². The number of ether oxygens (including phenoxy) is 1. The van der Waals surface area contributed by atoms with Gasteiger partial charge in [-0.05, 0) is 18.1 Å². The Labute approximate surface area is 150 Å². The van der Waals surface area contributed by atoms with E-state index >= 15 is 0 Å². The lowest BCUT2D eigenvalue weighted by molar-refractivity contribution is -0.384. The van der Waals surface area contributed by atoms with Crippen LogP contribution in [0.15, 0.2) is 65.3 Å². The minimum absolute atomic E-state index is 0.0350. The molecule has 0 fully saturated rings. The average Bonchev–Trinajstić information content (AvgIpc) is 3.10. The van der Waals surface area contributed by atoms with Crippen molar-refractivity contribution in [1.29, 1.82) is 0 Å². The van der Waals surface area contributed by atoms with E-state index in [0.717, 1.165) is 5.56 Å². The molecule has 0 aliphatic carbocycles. The van der Waals surface area contributed by atoms with Crippen molar-refractivity contribution in [2.75, 3.05) is 0 Å². The van der Waals surface area contributed by atoms with Crippen LogP contribution < -0.4 is 0 Å². The third kappa shape index (κ3) is 3.49. The van der Waals surface area contributed by atoms with Gasteiger partial charge in [-0.15, -0.1) is 0 Å². The molecule has 0 aliphatic rings. The summed E-state index contributed by atoms with van der Waals surface area (Å²) in [5.74, 6) is -0.507. The van der Waals surface area contributed by atoms with E-state index in [9.17, 15) is 14.9 Å². The number of carbonyl (C=O) groups excluding carboxylic acids is 1. The van der Waals surface area contributed by atoms with Crippen LogP contribution in [0.5, 0.6) is 0 Å². The molecule has 0 unspecified atom stereocenters. The van der Waals surface area contributed by atoms with Crippen LogP contribution in [0.4, 0.5) is 5.69 Å². The fourth-order valence-electron chi connectivity index (χ4n) is 2.78. The Morgan fingerprint density at radius 2 is 1.77 bits per heavy atom. The van der Waals surface area contributed by atoms with Crippen molar-refractivity contribution in [3.63, 3.8) is 0 Å². The van der Waals surface area contributed by atoms with E-state index in [1.807, 2.05) is 37.3 Å². The van der Waals surface area contributed by atoms with Crippen molar-refractivity contribution in [3.8, 4) is 11.1 Å². The molecule has 26 heavy (non-hydrogen) atoms. The minimum Gasteiger partial charge on any atom is -0.456 e. The number of rotatable bonds is 6. The van der Waals surface area contributed by atoms with Crippen molar-refractivity contribution >= 4 is 11.7 Å². The van der Waals surface area contributed by atoms with Crippen LogP contribution >= 0.6 is 0 Å². The van der Waals surface area contributed by atoms with E-state index in [-0.39, 0.29) is 18.1 Å². The zero-order valence-corrected chi connectivity index (χ0v) is 14.2. The first kappa shape index (κ1) is 17.4. The van der Waals surface area contributed by atoms with Crippen LogP contribution in [0.2, 0.25) is 0 Å². The summed E-state index contributed by atoms with van der Waals surface area (Å²) in [5, 5.41) is 11.3. The Kier molecular flexibility index (Phi) is 5.12. The topological polar surface area (TPSA) is 82.6 Å². The summed E-state index contributed by atoms with van der Waals surface area (Å²) in [6.45, 7) is 1.99. The summed E-state index contributed by atoms with van der Waals surface area (Å²) in [5.41, 5.74) is 2.38. The highest BCUT2D eigenvalue weighted by Crippen LogP contribution is 2.35. The van der Waals surface area contributed by atoms with E-state index in [1.165, 1.54) is 12.3 Å². The van der Waals surface area contributed by atoms with Crippen molar-refractivity contribution in [1.82, 2.24) is 0 Å². The van der Waals surface area contributed by atoms with Crippen molar-refractivity contribution in [3.05, 3.63) is 87.9 Å². The minimum atomic E-state index is -0.587. The highest BCUT2D eigenvalue weighted by molar-refractivity contribution is 5.91. The van der Waals surface area contributed by atoms with Crippen LogP contribution in [0, 0.1) is 10.1 Å². The molecule has 0 aliphatic heterocycles. The highest BCUT2D eigenvalue weighted by atomic mass is 16.6. The fraction of sp³-hybridized carbons (Fsp3) is 0.150. The number of hydrogen-bond donors (Lipinski definition) is 0. The summed E-state index contributed by atoms with van der Waals surface area (Å²) in [4.78, 5) is 23.2. The SMILES string of the molecule is CCc1c(-c2ccccc2[N+](=O)[O-])coc1C(=O)OCc1ccccc1. The zero-order valence-electron chi connectivity index (χ0n) is 14.2. The van der Waals surface area contributed by atoms with Crippen LogP contribution in [-0.2, 0) is 17.8 Å². The number of para-hydroxylation sites is 1. The molecule has 0 N–H and O–H groups in total. The van der Waals surface area contributed by atoms with E-state index in [1.54, 1.807) is 18.2 Å². The molecule has 0 atom stereocenters. The number of furan rings is 1. The van der Waals surface area contributed by atoms with Gasteiger partial charge in [-0.25, -0.2) is 4.79 Å². The summed E-state index contributed by atoms with van der Waals surface area (Å²) < 4.78 is 10.7. The monoisotopic (exact) mass is 351 g/mol. The van der Waals surface area contributed by atoms with Gasteiger partial charge in [-0.2, -0.15) is 0 Å². The largest absolute Gasteiger partial charge is 0.456 e. The maximum atomic E-state index is 12.4. The quantitative estimate of drug-likeness (QED) is 0.363. The van der Waals surface area contributed by atoms with Crippen LogP contribution in [-0.4, -0.2) is 10.9 Å². The molecule has 0 radical (unpaired) electrons. The second-order valence-corrected chi connectivity index (χ2v) is 5.65. The molecular weight excluding hydrogens is 334 g/mol. The second kappa shape index (κ2) is 7.65. The Morgan fingerprint density at radius 3 is 2.46 bits per heavy atom. The van der Waals surface area contributed by atoms with Crippen molar-refractivity contribution in [2.45, 2.75) is 20.0 Å². The first-order valence-electron chi connectivity index (χ1n) is 8.17. The Hall–Kier alpha value is -3.41. The summed E-state index contributed by atoms with van der Waals surface area (Å²) in [6, 6.07) is 15.7. The first-order valence-corrected chi connectivity index (χ1v) is 8.17. The highest BCUT2D eigenvalue weighted by Gasteiger charge is 2.25. The van der Waals surface area contributed by atoms with Gasteiger partial charge in [0.1, 0.15) is 6.61 Å². The van der Waals surface area contributed by atoms with E-state index in [2.05, 4.69) is 0 Å². The molecule has 3 rings (SSSR count). The summed E-state index contributed by atoms with van der Waals surface area (Å²) in [6.07, 6.45) is 1.86. The van der Waals surface area contributed by atoms with Gasteiger partial charge in [0.2, 0.25) is 5.76 Å². The smallest absolute Gasteiger partial charge is 0.374 e. The number of nitro benzene ring substituents is 1. The van der Waals surface area contributed by atoms with Gasteiger partial charge in [0, 0.05) is 17.2 Å². The molecule has 2 aromatic carbocycles. The van der Waals surface area contributed by atoms with Gasteiger partial charge in [-0.3, -0.25) is 10.1 Å². The number of nitrogens with zero attached hydrogens (tertiary/aromatic N) is 1. The van der Waals surface area contributed by atoms with E-state index in [4.69, 9.17) is 9.15 Å². The van der Waals surface area contributed by atoms with E-state index in [0.29, 0.717) is 23.1 Å². The lowest BCUT2D eigenvalue weighted by Crippen LogP contribution is -2.06. The van der Waals surface area contributed by atoms with Crippen LogP contribution in [0.1, 0.15) is 28.6 Å². The predicted molar refractivity (Wildman–Crippen MR) is 95.7 cm³/mol. The van der Waals surface area contributed by atoms with Crippen molar-refractivity contribution < 1.29 is 18.9 Å². The number of hydrogen-bond acceptors (Lipinski definition) is 5. The molecule has 1 aromatic heterocycles. The molecular formula is C20H17NO5. The maximum absolute atomic E-state index is 12.4. The lowest BCUT2D eigenvalue weighted by Gasteiger charge is -2.06. The van der Waals surface area contributed by atoms with Gasteiger partial charge in [0.15, 0.2) is 0 Å². The third-order valence-corrected chi connectivity index (χ3v) is 4.04. The molecule has 1 heterocycles. The number of carbonyl (C=O) groups is 1. The predicted octanol–water partition coefficient (Wildman–Crippen LogP) is 4.77. The molecule has 6 nitrogen and oxygen atoms in total. The van der Waals surface area contributed by atoms with Gasteiger partial charge in [0.25, 0.3) is 5.69 Å². The number of esters is 1. The Morgan fingerprint density at radius 1 is 1.08 bits per heavy atom. The molecule has 3 aromatic rings. The standard InChI is InChI=1S/C20H17NO5/c1-2-15-17(16-10-6-7-11-18(16)21(23)24)13-25-19(15)20(22)26-12-14-8-4-3-5-9-14/h3-11,13H,2,12H2,1H3. The summed E-state index contributed by atoms with van der Waals surface area (Å²) in [7, 11) is 0. The number of nitro groups is 1. The normalized spacial score (nSPS) is 10.5. The van der Waals surface area contributed by atoms with Gasteiger partial charge in [0.05, 0.1) is 16.7 Å². The molecule has 0 bridgehead atoms. The molecule has 0 saturated heterocycles. The third-order valence-electron chi connectivity index (χ3n) is 4.04. The van der Waals surface area contributed by atoms with E-state index < -0.39 is 10.9 Å². The van der Waals surface area contributed by atoms with Crippen LogP contribution in [0.3, 0.4) is 0 Å². The Bertz CT molecular complexity index is 930. The molecule has 0 saturated carbocycles. The van der Waals surface area contributed by atoms with Crippen molar-refractivity contribution in [2.24, 2.45) is 0 Å². The molecule has 0 amide bonds. The van der Waals surface area contributed by atoms with Crippen LogP contribution in [0.25, 0.3) is 11.1 Å². The maximum Gasteiger partial charge on any atom is 0.374 e. The summed E-state index contributed by atoms with van der Waals surface area (Å²) >= 11 is 0. The van der Waals surface area contributed by atoms with Gasteiger partial charge in [-0.1, -0.05) is 49.4 Å². The second-order valence-electron chi connectivity index (χ2n) is 5.65. The molecule has 132 valence electrons. The number of benzene rings is 2. The Balaban J connectivity index is 1.89. The molecule has 0 spiro atoms. The zero-order chi connectivity index (χ0) is 18.5. The average molecular weight is 351 g/mol.